The van der Waals surface area contributed by atoms with Gasteiger partial charge in [0.1, 0.15) is 5.78 Å². The van der Waals surface area contributed by atoms with Crippen LogP contribution in [0.5, 0.6) is 0 Å². The van der Waals surface area contributed by atoms with Gasteiger partial charge in [0, 0.05) is 12.8 Å². The van der Waals surface area contributed by atoms with Crippen LogP contribution in [0.25, 0.3) is 0 Å². The average Bonchev–Trinajstić information content (AvgIpc) is 2.24. The topological polar surface area (TPSA) is 17.1 Å². The van der Waals surface area contributed by atoms with Crippen LogP contribution >= 0.6 is 0 Å². The van der Waals surface area contributed by atoms with Gasteiger partial charge in [-0.25, -0.2) is 0 Å². The first-order chi connectivity index (χ1) is 8.10. The molecule has 0 aliphatic heterocycles. The van der Waals surface area contributed by atoms with E-state index in [4.69, 9.17) is 0 Å². The van der Waals surface area contributed by atoms with Crippen LogP contribution in [0.2, 0.25) is 0 Å². The molecule has 1 nitrogen and oxygen atoms in total. The lowest BCUT2D eigenvalue weighted by Crippen LogP contribution is -2.16. The van der Waals surface area contributed by atoms with E-state index in [-0.39, 0.29) is 5.41 Å². The van der Waals surface area contributed by atoms with Crippen LogP contribution in [-0.4, -0.2) is 5.78 Å². The van der Waals surface area contributed by atoms with Gasteiger partial charge in [-0.1, -0.05) is 51.7 Å². The zero-order chi connectivity index (χ0) is 12.6. The molecule has 0 saturated heterocycles. The summed E-state index contributed by atoms with van der Waals surface area (Å²) in [6.07, 6.45) is 16.0. The van der Waals surface area contributed by atoms with Crippen LogP contribution < -0.4 is 0 Å². The monoisotopic (exact) mass is 236 g/mol. The normalized spacial score (nSPS) is 26.1. The molecule has 0 aromatic rings. The highest BCUT2D eigenvalue weighted by Crippen LogP contribution is 2.27. The van der Waals surface area contributed by atoms with E-state index in [1.54, 1.807) is 0 Å². The van der Waals surface area contributed by atoms with Crippen LogP contribution in [-0.2, 0) is 4.79 Å². The lowest BCUT2D eigenvalue weighted by atomic mass is 9.82. The maximum Gasteiger partial charge on any atom is 0.133 e. The van der Waals surface area contributed by atoms with Gasteiger partial charge in [-0.2, -0.15) is 0 Å². The third-order valence-electron chi connectivity index (χ3n) is 3.59. The Labute approximate surface area is 107 Å². The third-order valence-corrected chi connectivity index (χ3v) is 3.59. The fourth-order valence-electron chi connectivity index (χ4n) is 2.51. The highest BCUT2D eigenvalue weighted by atomic mass is 16.1. The van der Waals surface area contributed by atoms with Gasteiger partial charge >= 0.3 is 0 Å². The van der Waals surface area contributed by atoms with Crippen molar-refractivity contribution in [1.82, 2.24) is 0 Å². The minimum atomic E-state index is 0.150. The summed E-state index contributed by atoms with van der Waals surface area (Å²) in [5.74, 6) is 0.459. The number of Topliss-reactive ketones (excluding diaryl/α,β-unsaturated/α-hetero) is 1. The molecule has 1 aliphatic rings. The number of hydrogen-bond acceptors (Lipinski definition) is 1. The number of hydrogen-bond donors (Lipinski definition) is 0. The second-order valence-electron chi connectivity index (χ2n) is 6.22. The molecule has 0 aromatic heterocycles. The summed E-state index contributed by atoms with van der Waals surface area (Å²) < 4.78 is 0. The summed E-state index contributed by atoms with van der Waals surface area (Å²) in [7, 11) is 0. The minimum Gasteiger partial charge on any atom is -0.300 e. The van der Waals surface area contributed by atoms with Crippen molar-refractivity contribution in [3.63, 3.8) is 0 Å². The molecule has 1 aliphatic carbocycles. The Morgan fingerprint density at radius 2 is 1.59 bits per heavy atom. The van der Waals surface area contributed by atoms with E-state index in [0.717, 1.165) is 25.7 Å². The number of ketones is 1. The summed E-state index contributed by atoms with van der Waals surface area (Å²) in [4.78, 5) is 11.8. The Morgan fingerprint density at radius 3 is 2.35 bits per heavy atom. The summed E-state index contributed by atoms with van der Waals surface area (Å²) in [5, 5.41) is 0. The Hall–Kier alpha value is -0.590. The van der Waals surface area contributed by atoms with E-state index in [9.17, 15) is 4.79 Å². The second kappa shape index (κ2) is 7.68. The molecule has 1 rings (SSSR count). The van der Waals surface area contributed by atoms with Gasteiger partial charge in [0.05, 0.1) is 0 Å². The van der Waals surface area contributed by atoms with Crippen molar-refractivity contribution in [3.05, 3.63) is 12.2 Å². The van der Waals surface area contributed by atoms with Crippen molar-refractivity contribution in [2.24, 2.45) is 5.41 Å². The summed E-state index contributed by atoms with van der Waals surface area (Å²) in [5.41, 5.74) is 0.150. The van der Waals surface area contributed by atoms with E-state index in [0.29, 0.717) is 5.78 Å². The van der Waals surface area contributed by atoms with Crippen LogP contribution in [0.3, 0.4) is 0 Å². The first kappa shape index (κ1) is 14.5. The SMILES string of the molecule is CC1(C)C/C=C\CCCCCCCCC(=O)C1. The van der Waals surface area contributed by atoms with Crippen molar-refractivity contribution >= 4 is 5.78 Å². The quantitative estimate of drug-likeness (QED) is 0.538. The lowest BCUT2D eigenvalue weighted by Gasteiger charge is -2.22. The molecule has 0 amide bonds. The first-order valence-electron chi connectivity index (χ1n) is 7.27. The smallest absolute Gasteiger partial charge is 0.133 e. The molecule has 0 saturated carbocycles. The highest BCUT2D eigenvalue weighted by Gasteiger charge is 2.20. The number of rotatable bonds is 0. The van der Waals surface area contributed by atoms with Crippen LogP contribution in [0.4, 0.5) is 0 Å². The van der Waals surface area contributed by atoms with Crippen molar-refractivity contribution in [3.8, 4) is 0 Å². The van der Waals surface area contributed by atoms with Crippen LogP contribution in [0, 0.1) is 5.41 Å². The molecule has 0 unspecified atom stereocenters. The lowest BCUT2D eigenvalue weighted by molar-refractivity contribution is -0.121. The molecule has 0 aromatic carbocycles. The first-order valence-corrected chi connectivity index (χ1v) is 7.27. The third kappa shape index (κ3) is 7.36. The van der Waals surface area contributed by atoms with Gasteiger partial charge in [-0.05, 0) is 31.1 Å². The van der Waals surface area contributed by atoms with E-state index in [2.05, 4.69) is 26.0 Å². The fraction of sp³-hybridized carbons (Fsp3) is 0.812. The van der Waals surface area contributed by atoms with Crippen LogP contribution in [0.1, 0.15) is 78.1 Å². The van der Waals surface area contributed by atoms with Gasteiger partial charge < -0.3 is 0 Å². The maximum atomic E-state index is 11.8. The standard InChI is InChI=1S/C16H28O/c1-16(2)13-11-9-7-5-3-4-6-8-10-12-15(17)14-16/h9,11H,3-8,10,12-14H2,1-2H3/b11-9-. The zero-order valence-electron chi connectivity index (χ0n) is 11.6. The molecule has 17 heavy (non-hydrogen) atoms. The molecule has 0 radical (unpaired) electrons. The van der Waals surface area contributed by atoms with Gasteiger partial charge in [0.15, 0.2) is 0 Å². The molecule has 98 valence electrons. The molecule has 0 atom stereocenters. The van der Waals surface area contributed by atoms with E-state index >= 15 is 0 Å². The average molecular weight is 236 g/mol. The zero-order valence-corrected chi connectivity index (χ0v) is 11.6. The Kier molecular flexibility index (Phi) is 6.54. The Balaban J connectivity index is 2.46. The summed E-state index contributed by atoms with van der Waals surface area (Å²) in [6.45, 7) is 4.42. The van der Waals surface area contributed by atoms with Crippen molar-refractivity contribution < 1.29 is 4.79 Å². The van der Waals surface area contributed by atoms with E-state index in [1.165, 1.54) is 38.5 Å². The molecule has 0 bridgehead atoms. The number of allylic oxidation sites excluding steroid dienone is 2. The molecular weight excluding hydrogens is 208 g/mol. The molecule has 0 N–H and O–H groups in total. The Bertz CT molecular complexity index is 250. The van der Waals surface area contributed by atoms with Crippen molar-refractivity contribution in [2.75, 3.05) is 0 Å². The Morgan fingerprint density at radius 1 is 0.941 bits per heavy atom. The number of carbonyl (C=O) groups excluding carboxylic acids is 1. The number of carbonyl (C=O) groups is 1. The summed E-state index contributed by atoms with van der Waals surface area (Å²) in [6, 6.07) is 0. The van der Waals surface area contributed by atoms with Gasteiger partial charge in [0.2, 0.25) is 0 Å². The fourth-order valence-corrected chi connectivity index (χ4v) is 2.51. The van der Waals surface area contributed by atoms with Crippen molar-refractivity contribution in [1.29, 1.82) is 0 Å². The van der Waals surface area contributed by atoms with E-state index < -0.39 is 0 Å². The molecule has 0 heterocycles. The maximum absolute atomic E-state index is 11.8. The molecule has 0 spiro atoms. The van der Waals surface area contributed by atoms with Crippen LogP contribution in [0.15, 0.2) is 12.2 Å². The second-order valence-corrected chi connectivity index (χ2v) is 6.22. The predicted octanol–water partition coefficient (Wildman–Crippen LogP) is 5.05. The molecular formula is C16H28O. The predicted molar refractivity (Wildman–Crippen MR) is 74.1 cm³/mol. The highest BCUT2D eigenvalue weighted by molar-refractivity contribution is 5.78. The minimum absolute atomic E-state index is 0.150. The van der Waals surface area contributed by atoms with Crippen molar-refractivity contribution in [2.45, 2.75) is 78.1 Å². The van der Waals surface area contributed by atoms with Gasteiger partial charge in [-0.15, -0.1) is 0 Å². The summed E-state index contributed by atoms with van der Waals surface area (Å²) >= 11 is 0. The van der Waals surface area contributed by atoms with Gasteiger partial charge in [0.25, 0.3) is 0 Å². The largest absolute Gasteiger partial charge is 0.300 e. The van der Waals surface area contributed by atoms with E-state index in [1.807, 2.05) is 0 Å². The van der Waals surface area contributed by atoms with Gasteiger partial charge in [-0.3, -0.25) is 4.79 Å². The molecule has 1 heteroatoms. The molecule has 0 fully saturated rings.